The van der Waals surface area contributed by atoms with Gasteiger partial charge in [-0.15, -0.1) is 0 Å². The van der Waals surface area contributed by atoms with Crippen LogP contribution in [0.5, 0.6) is 0 Å². The molecule has 1 rings (SSSR count). The number of ether oxygens (including phenoxy) is 1. The van der Waals surface area contributed by atoms with Gasteiger partial charge in [-0.25, -0.2) is 0 Å². The minimum Gasteiger partial charge on any atom is -0.447 e. The van der Waals surface area contributed by atoms with Crippen LogP contribution in [0.1, 0.15) is 64.2 Å². The number of β-amino-alcohol motifs (C(OH)–C–C–N with tert-alkyl or cyclic N) is 1. The molecule has 0 radical (unpaired) electrons. The zero-order chi connectivity index (χ0) is 23.1. The van der Waals surface area contributed by atoms with Gasteiger partial charge in [0.05, 0.1) is 6.10 Å². The predicted octanol–water partition coefficient (Wildman–Crippen LogP) is 1.10. The highest BCUT2D eigenvalue weighted by atomic mass is 32.1. The second kappa shape index (κ2) is 17.0. The van der Waals surface area contributed by atoms with Crippen molar-refractivity contribution in [3.05, 3.63) is 0 Å². The number of amides is 1. The Hall–Kier alpha value is -0.520. The van der Waals surface area contributed by atoms with Gasteiger partial charge in [-0.05, 0) is 44.3 Å². The van der Waals surface area contributed by atoms with E-state index < -0.39 is 12.3 Å². The zero-order valence-corrected chi connectivity index (χ0v) is 20.2. The number of esters is 1. The Balaban J connectivity index is 2.31. The maximum absolute atomic E-state index is 12.4. The van der Waals surface area contributed by atoms with Crippen molar-refractivity contribution < 1.29 is 24.5 Å². The van der Waals surface area contributed by atoms with Gasteiger partial charge in [-0.3, -0.25) is 14.9 Å². The summed E-state index contributed by atoms with van der Waals surface area (Å²) >= 11 is 8.76. The molecule has 1 heterocycles. The van der Waals surface area contributed by atoms with Crippen LogP contribution in [0.15, 0.2) is 0 Å². The van der Waals surface area contributed by atoms with E-state index in [2.05, 4.69) is 30.6 Å². The number of hydrogen-bond acceptors (Lipinski definition) is 9. The van der Waals surface area contributed by atoms with Crippen LogP contribution in [-0.4, -0.2) is 82.6 Å². The van der Waals surface area contributed by atoms with Crippen LogP contribution < -0.4 is 11.1 Å². The molecule has 182 valence electrons. The van der Waals surface area contributed by atoms with Gasteiger partial charge < -0.3 is 25.6 Å². The monoisotopic (exact) mass is 479 g/mol. The quantitative estimate of drug-likeness (QED) is 0.0799. The number of carbonyl (C=O) groups excluding carboxylic acids is 2. The van der Waals surface area contributed by atoms with E-state index in [1.165, 1.54) is 0 Å². The summed E-state index contributed by atoms with van der Waals surface area (Å²) in [6.45, 7) is 0.994. The maximum Gasteiger partial charge on any atom is 0.307 e. The lowest BCUT2D eigenvalue weighted by molar-refractivity contribution is -0.151. The van der Waals surface area contributed by atoms with Crippen LogP contribution in [-0.2, 0) is 14.3 Å². The lowest BCUT2D eigenvalue weighted by Gasteiger charge is -2.24. The second-order valence-corrected chi connectivity index (χ2v) is 9.32. The van der Waals surface area contributed by atoms with E-state index in [4.69, 9.17) is 15.6 Å². The molecule has 1 aliphatic rings. The molecule has 5 N–H and O–H groups in total. The molecule has 31 heavy (non-hydrogen) atoms. The molecule has 1 fully saturated rings. The molecule has 0 aromatic heterocycles. The molecule has 0 aromatic carbocycles. The number of nitrogens with one attached hydrogen (secondary N) is 1. The first-order valence-electron chi connectivity index (χ1n) is 11.4. The van der Waals surface area contributed by atoms with Gasteiger partial charge in [0.15, 0.2) is 6.23 Å². The number of aliphatic hydroxyl groups is 2. The third-order valence-corrected chi connectivity index (χ3v) is 6.29. The number of hydrogen-bond donors (Lipinski definition) is 6. The Kier molecular flexibility index (Phi) is 15.7. The largest absolute Gasteiger partial charge is 0.447 e. The highest BCUT2D eigenvalue weighted by Crippen LogP contribution is 2.18. The van der Waals surface area contributed by atoms with Crippen molar-refractivity contribution in [3.63, 3.8) is 0 Å². The number of nitrogens with zero attached hydrogens (tertiary/aromatic N) is 1. The summed E-state index contributed by atoms with van der Waals surface area (Å²) in [6, 6.07) is -0.125. The van der Waals surface area contributed by atoms with Crippen LogP contribution >= 0.6 is 25.3 Å². The highest BCUT2D eigenvalue weighted by molar-refractivity contribution is 7.81. The van der Waals surface area contributed by atoms with Gasteiger partial charge in [-0.2, -0.15) is 25.3 Å². The first kappa shape index (κ1) is 28.5. The van der Waals surface area contributed by atoms with Crippen molar-refractivity contribution in [2.45, 2.75) is 87.8 Å². The number of carbonyl (C=O) groups is 2. The van der Waals surface area contributed by atoms with Gasteiger partial charge in [0.1, 0.15) is 0 Å². The van der Waals surface area contributed by atoms with E-state index in [1.54, 1.807) is 4.90 Å². The molecular weight excluding hydrogens is 438 g/mol. The highest BCUT2D eigenvalue weighted by Gasteiger charge is 2.32. The summed E-state index contributed by atoms with van der Waals surface area (Å²) in [5.41, 5.74) is 5.69. The molecule has 4 unspecified atom stereocenters. The Morgan fingerprint density at radius 1 is 1.16 bits per heavy atom. The van der Waals surface area contributed by atoms with Crippen molar-refractivity contribution in [1.29, 1.82) is 0 Å². The number of thiol groups is 2. The minimum absolute atomic E-state index is 0.00806. The smallest absolute Gasteiger partial charge is 0.307 e. The summed E-state index contributed by atoms with van der Waals surface area (Å²) in [5.74, 6) is 0.509. The number of likely N-dealkylation sites (tertiary alicyclic amines) is 1. The molecule has 4 atom stereocenters. The van der Waals surface area contributed by atoms with E-state index >= 15 is 0 Å². The molecule has 0 bridgehead atoms. The van der Waals surface area contributed by atoms with Crippen molar-refractivity contribution in [1.82, 2.24) is 10.2 Å². The van der Waals surface area contributed by atoms with Crippen molar-refractivity contribution >= 4 is 37.1 Å². The van der Waals surface area contributed by atoms with Crippen LogP contribution in [0.2, 0.25) is 0 Å². The van der Waals surface area contributed by atoms with Crippen LogP contribution in [0.25, 0.3) is 0 Å². The standard InChI is InChI=1S/C21H41N3O5S2/c22-14-16-13-17(26)15-24(16)20(27)9-10-23-19(7-3-11-25)29-21(28)8-2-1-5-18(31)6-4-12-30/h16-19,23,25-26,30-31H,1-15,22H2. The third kappa shape index (κ3) is 12.3. The Morgan fingerprint density at radius 2 is 1.90 bits per heavy atom. The predicted molar refractivity (Wildman–Crippen MR) is 128 cm³/mol. The topological polar surface area (TPSA) is 125 Å². The average molecular weight is 480 g/mol. The summed E-state index contributed by atoms with van der Waals surface area (Å²) in [6.07, 6.45) is 5.72. The van der Waals surface area contributed by atoms with Crippen LogP contribution in [0, 0.1) is 0 Å². The maximum atomic E-state index is 12.4. The number of aliphatic hydroxyl groups excluding tert-OH is 2. The van der Waals surface area contributed by atoms with E-state index in [1.807, 2.05) is 0 Å². The Labute approximate surface area is 197 Å². The molecule has 0 aliphatic carbocycles. The molecule has 0 spiro atoms. The molecule has 8 nitrogen and oxygen atoms in total. The fraction of sp³-hybridized carbons (Fsp3) is 0.905. The summed E-state index contributed by atoms with van der Waals surface area (Å²) in [4.78, 5) is 26.3. The summed E-state index contributed by atoms with van der Waals surface area (Å²) in [7, 11) is 0. The minimum atomic E-state index is -0.532. The molecule has 0 saturated carbocycles. The zero-order valence-electron chi connectivity index (χ0n) is 18.5. The first-order chi connectivity index (χ1) is 14.9. The number of unbranched alkanes of at least 4 members (excludes halogenated alkanes) is 1. The Morgan fingerprint density at radius 3 is 2.58 bits per heavy atom. The molecule has 10 heteroatoms. The lowest BCUT2D eigenvalue weighted by atomic mass is 10.1. The average Bonchev–Trinajstić information content (AvgIpc) is 3.14. The number of rotatable bonds is 17. The normalized spacial score (nSPS) is 20.6. The van der Waals surface area contributed by atoms with Gasteiger partial charge in [-0.1, -0.05) is 6.42 Å². The molecule has 1 aliphatic heterocycles. The third-order valence-electron chi connectivity index (χ3n) is 5.46. The molecule has 1 saturated heterocycles. The Bertz CT molecular complexity index is 515. The molecule has 1 amide bonds. The second-order valence-electron chi connectivity index (χ2n) is 8.14. The van der Waals surface area contributed by atoms with E-state index in [-0.39, 0.29) is 30.9 Å². The van der Waals surface area contributed by atoms with Gasteiger partial charge in [0.2, 0.25) is 5.91 Å². The van der Waals surface area contributed by atoms with Crippen molar-refractivity contribution in [2.24, 2.45) is 5.73 Å². The van der Waals surface area contributed by atoms with Crippen LogP contribution in [0.4, 0.5) is 0 Å². The summed E-state index contributed by atoms with van der Waals surface area (Å²) in [5, 5.41) is 22.3. The lowest BCUT2D eigenvalue weighted by Crippen LogP contribution is -2.42. The fourth-order valence-electron chi connectivity index (χ4n) is 3.72. The van der Waals surface area contributed by atoms with E-state index in [0.29, 0.717) is 50.6 Å². The summed E-state index contributed by atoms with van der Waals surface area (Å²) < 4.78 is 5.52. The SMILES string of the molecule is NCC1CC(O)CN1C(=O)CCNC(CCCO)OC(=O)CCCCC(S)CCCS. The fourth-order valence-corrected chi connectivity index (χ4v) is 4.27. The van der Waals surface area contributed by atoms with Crippen molar-refractivity contribution in [3.8, 4) is 0 Å². The van der Waals surface area contributed by atoms with E-state index in [0.717, 1.165) is 37.9 Å². The van der Waals surface area contributed by atoms with E-state index in [9.17, 15) is 14.7 Å². The first-order valence-corrected chi connectivity index (χ1v) is 12.6. The molecular formula is C21H41N3O5S2. The van der Waals surface area contributed by atoms with Crippen molar-refractivity contribution in [2.75, 3.05) is 32.0 Å². The number of nitrogens with two attached hydrogens (primary N) is 1. The molecule has 0 aromatic rings. The van der Waals surface area contributed by atoms with Gasteiger partial charge >= 0.3 is 5.97 Å². The van der Waals surface area contributed by atoms with Gasteiger partial charge in [0.25, 0.3) is 0 Å². The van der Waals surface area contributed by atoms with Gasteiger partial charge in [0, 0.05) is 56.8 Å². The van der Waals surface area contributed by atoms with Crippen LogP contribution in [0.3, 0.4) is 0 Å².